The van der Waals surface area contributed by atoms with Crippen molar-refractivity contribution >= 4 is 0 Å². The summed E-state index contributed by atoms with van der Waals surface area (Å²) >= 11 is 0. The fraction of sp³-hybridized carbons (Fsp3) is 0.625. The molecule has 1 aromatic carbocycles. The van der Waals surface area contributed by atoms with Crippen LogP contribution in [0.25, 0.3) is 0 Å². The molecule has 1 aromatic rings. The van der Waals surface area contributed by atoms with Crippen molar-refractivity contribution in [1.29, 1.82) is 0 Å². The largest absolute Gasteiger partial charge is 0.493 e. The van der Waals surface area contributed by atoms with Crippen LogP contribution >= 0.6 is 0 Å². The van der Waals surface area contributed by atoms with Crippen molar-refractivity contribution in [1.82, 2.24) is 0 Å². The van der Waals surface area contributed by atoms with E-state index >= 15 is 0 Å². The molecule has 0 saturated heterocycles. The zero-order chi connectivity index (χ0) is 13.5. The molecule has 3 heteroatoms. The normalized spacial score (nSPS) is 16.3. The minimum Gasteiger partial charge on any atom is -0.493 e. The molecular weight excluding hydrogens is 240 g/mol. The number of benzene rings is 1. The number of aliphatic hydroxyl groups is 1. The molecule has 0 aromatic heterocycles. The van der Waals surface area contributed by atoms with E-state index in [0.29, 0.717) is 5.75 Å². The summed E-state index contributed by atoms with van der Waals surface area (Å²) in [6.07, 6.45) is 7.98. The van der Waals surface area contributed by atoms with E-state index < -0.39 is 0 Å². The van der Waals surface area contributed by atoms with Gasteiger partial charge in [0, 0.05) is 0 Å². The molecule has 1 N–H and O–H groups in total. The van der Waals surface area contributed by atoms with Crippen molar-refractivity contribution in [2.45, 2.75) is 45.1 Å². The lowest BCUT2D eigenvalue weighted by molar-refractivity contribution is 0.237. The lowest BCUT2D eigenvalue weighted by Crippen LogP contribution is -2.11. The zero-order valence-electron chi connectivity index (χ0n) is 11.7. The average molecular weight is 264 g/mol. The fourth-order valence-corrected chi connectivity index (χ4v) is 2.74. The first-order valence-corrected chi connectivity index (χ1v) is 7.24. The summed E-state index contributed by atoms with van der Waals surface area (Å²) in [6, 6.07) is 5.58. The molecule has 106 valence electrons. The lowest BCUT2D eigenvalue weighted by Gasteiger charge is -2.21. The Morgan fingerprint density at radius 3 is 2.63 bits per heavy atom. The van der Waals surface area contributed by atoms with Gasteiger partial charge in [-0.15, -0.1) is 0 Å². The molecule has 0 spiro atoms. The van der Waals surface area contributed by atoms with Crippen molar-refractivity contribution in [2.24, 2.45) is 5.92 Å². The van der Waals surface area contributed by atoms with Crippen molar-refractivity contribution in [3.8, 4) is 11.5 Å². The van der Waals surface area contributed by atoms with Gasteiger partial charge in [0.1, 0.15) is 0 Å². The number of methoxy groups -OCH3 is 1. The Balaban J connectivity index is 1.84. The topological polar surface area (TPSA) is 38.7 Å². The van der Waals surface area contributed by atoms with Gasteiger partial charge in [-0.1, -0.05) is 38.2 Å². The Morgan fingerprint density at radius 1 is 1.16 bits per heavy atom. The second-order valence-electron chi connectivity index (χ2n) is 5.28. The average Bonchev–Trinajstić information content (AvgIpc) is 2.48. The molecule has 19 heavy (non-hydrogen) atoms. The van der Waals surface area contributed by atoms with Crippen LogP contribution in [0.4, 0.5) is 0 Å². The Kier molecular flexibility index (Phi) is 5.52. The highest BCUT2D eigenvalue weighted by Gasteiger charge is 2.13. The molecule has 0 amide bonds. The first kappa shape index (κ1) is 14.2. The summed E-state index contributed by atoms with van der Waals surface area (Å²) < 4.78 is 11.1. The van der Waals surface area contributed by atoms with Crippen LogP contribution in [0, 0.1) is 5.92 Å². The van der Waals surface area contributed by atoms with Crippen LogP contribution in [-0.2, 0) is 6.61 Å². The van der Waals surface area contributed by atoms with Crippen LogP contribution in [0.5, 0.6) is 11.5 Å². The summed E-state index contributed by atoms with van der Waals surface area (Å²) in [6.45, 7) is 0.776. The summed E-state index contributed by atoms with van der Waals surface area (Å²) in [5.41, 5.74) is 0.844. The van der Waals surface area contributed by atoms with E-state index in [1.807, 2.05) is 18.2 Å². The van der Waals surface area contributed by atoms with Gasteiger partial charge in [0.15, 0.2) is 11.5 Å². The van der Waals surface area contributed by atoms with Gasteiger partial charge < -0.3 is 14.6 Å². The second kappa shape index (κ2) is 7.39. The molecule has 2 rings (SSSR count). The first-order chi connectivity index (χ1) is 9.33. The van der Waals surface area contributed by atoms with Crippen molar-refractivity contribution in [3.05, 3.63) is 23.8 Å². The fourth-order valence-electron chi connectivity index (χ4n) is 2.74. The first-order valence-electron chi connectivity index (χ1n) is 7.24. The molecule has 0 bridgehead atoms. The Hall–Kier alpha value is -1.22. The maximum atomic E-state index is 9.10. The molecule has 1 aliphatic carbocycles. The van der Waals surface area contributed by atoms with Crippen LogP contribution in [0.2, 0.25) is 0 Å². The minimum absolute atomic E-state index is 0.0265. The molecule has 0 aliphatic heterocycles. The van der Waals surface area contributed by atoms with Crippen molar-refractivity contribution < 1.29 is 14.6 Å². The number of aliphatic hydroxyl groups excluding tert-OH is 1. The van der Waals surface area contributed by atoms with Gasteiger partial charge in [-0.3, -0.25) is 0 Å². The van der Waals surface area contributed by atoms with Gasteiger partial charge in [0.2, 0.25) is 0 Å². The minimum atomic E-state index is 0.0265. The van der Waals surface area contributed by atoms with E-state index in [-0.39, 0.29) is 6.61 Å². The monoisotopic (exact) mass is 264 g/mol. The van der Waals surface area contributed by atoms with Gasteiger partial charge in [0.05, 0.1) is 20.3 Å². The number of rotatable bonds is 6. The van der Waals surface area contributed by atoms with Gasteiger partial charge in [-0.2, -0.15) is 0 Å². The molecular formula is C16H24O3. The van der Waals surface area contributed by atoms with Crippen LogP contribution in [0.3, 0.4) is 0 Å². The standard InChI is InChI=1S/C16H24O3/c1-18-16-11-14(12-17)7-8-15(16)19-10-9-13-5-3-2-4-6-13/h7-8,11,13,17H,2-6,9-10,12H2,1H3. The number of hydrogen-bond acceptors (Lipinski definition) is 3. The molecule has 0 unspecified atom stereocenters. The maximum Gasteiger partial charge on any atom is 0.161 e. The number of ether oxygens (including phenoxy) is 2. The summed E-state index contributed by atoms with van der Waals surface area (Å²) in [4.78, 5) is 0. The molecule has 0 radical (unpaired) electrons. The van der Waals surface area contributed by atoms with E-state index in [0.717, 1.165) is 30.3 Å². The SMILES string of the molecule is COc1cc(CO)ccc1OCCC1CCCCC1. The molecule has 3 nitrogen and oxygen atoms in total. The van der Waals surface area contributed by atoms with Gasteiger partial charge in [0.25, 0.3) is 0 Å². The predicted molar refractivity (Wildman–Crippen MR) is 75.6 cm³/mol. The van der Waals surface area contributed by atoms with Gasteiger partial charge in [-0.05, 0) is 30.0 Å². The Labute approximate surface area is 115 Å². The molecule has 1 aliphatic rings. The highest BCUT2D eigenvalue weighted by atomic mass is 16.5. The number of hydrogen-bond donors (Lipinski definition) is 1. The van der Waals surface area contributed by atoms with Crippen molar-refractivity contribution in [2.75, 3.05) is 13.7 Å². The Bertz CT molecular complexity index is 384. The lowest BCUT2D eigenvalue weighted by atomic mass is 9.87. The zero-order valence-corrected chi connectivity index (χ0v) is 11.7. The smallest absolute Gasteiger partial charge is 0.161 e. The van der Waals surface area contributed by atoms with E-state index in [4.69, 9.17) is 14.6 Å². The second-order valence-corrected chi connectivity index (χ2v) is 5.28. The third kappa shape index (κ3) is 4.13. The van der Waals surface area contributed by atoms with Crippen molar-refractivity contribution in [3.63, 3.8) is 0 Å². The van der Waals surface area contributed by atoms with Crippen LogP contribution in [0.15, 0.2) is 18.2 Å². The molecule has 1 saturated carbocycles. The van der Waals surface area contributed by atoms with E-state index in [9.17, 15) is 0 Å². The van der Waals surface area contributed by atoms with E-state index in [1.165, 1.54) is 32.1 Å². The highest BCUT2D eigenvalue weighted by molar-refractivity contribution is 5.42. The summed E-state index contributed by atoms with van der Waals surface area (Å²) in [5.74, 6) is 2.31. The molecule has 0 heterocycles. The third-order valence-electron chi connectivity index (χ3n) is 3.92. The van der Waals surface area contributed by atoms with Gasteiger partial charge >= 0.3 is 0 Å². The van der Waals surface area contributed by atoms with Crippen LogP contribution in [-0.4, -0.2) is 18.8 Å². The third-order valence-corrected chi connectivity index (χ3v) is 3.92. The maximum absolute atomic E-state index is 9.10. The summed E-state index contributed by atoms with van der Waals surface area (Å²) in [5, 5.41) is 9.10. The van der Waals surface area contributed by atoms with Gasteiger partial charge in [-0.25, -0.2) is 0 Å². The van der Waals surface area contributed by atoms with E-state index in [1.54, 1.807) is 7.11 Å². The quantitative estimate of drug-likeness (QED) is 0.854. The van der Waals surface area contributed by atoms with Crippen LogP contribution < -0.4 is 9.47 Å². The molecule has 1 fully saturated rings. The van der Waals surface area contributed by atoms with E-state index in [2.05, 4.69) is 0 Å². The molecule has 0 atom stereocenters. The predicted octanol–water partition coefficient (Wildman–Crippen LogP) is 3.54. The highest BCUT2D eigenvalue weighted by Crippen LogP contribution is 2.30. The van der Waals surface area contributed by atoms with Crippen LogP contribution in [0.1, 0.15) is 44.1 Å². The Morgan fingerprint density at radius 2 is 1.95 bits per heavy atom. The summed E-state index contributed by atoms with van der Waals surface area (Å²) in [7, 11) is 1.63.